The van der Waals surface area contributed by atoms with E-state index in [0.29, 0.717) is 25.7 Å². The topological polar surface area (TPSA) is 71.7 Å². The van der Waals surface area contributed by atoms with Crippen LogP contribution in [0.5, 0.6) is 0 Å². The Hall–Kier alpha value is -7.77. The van der Waals surface area contributed by atoms with Gasteiger partial charge in [-0.3, -0.25) is 20.0 Å². The van der Waals surface area contributed by atoms with Crippen molar-refractivity contribution in [1.82, 2.24) is 9.13 Å². The lowest BCUT2D eigenvalue weighted by Gasteiger charge is -2.09. The zero-order valence-electron chi connectivity index (χ0n) is 32.8. The highest BCUT2D eigenvalue weighted by atomic mass is 15.1. The molecule has 0 aliphatic heterocycles. The van der Waals surface area contributed by atoms with Gasteiger partial charge in [-0.25, -0.2) is 4.99 Å². The van der Waals surface area contributed by atoms with E-state index in [9.17, 15) is 0 Å². The highest BCUT2D eigenvalue weighted by Crippen LogP contribution is 2.39. The quantitative estimate of drug-likeness (QED) is 0.0929. The van der Waals surface area contributed by atoms with E-state index in [1.165, 1.54) is 27.1 Å². The van der Waals surface area contributed by atoms with Crippen LogP contribution < -0.4 is 0 Å². The van der Waals surface area contributed by atoms with E-state index in [1.54, 1.807) is 0 Å². The Bertz CT molecular complexity index is 2990. The first-order chi connectivity index (χ1) is 29.2. The molecule has 2 aromatic heterocycles. The highest BCUT2D eigenvalue weighted by molar-refractivity contribution is 6.25. The minimum Gasteiger partial charge on any atom is -0.320 e. The third-order valence-electron chi connectivity index (χ3n) is 10.3. The fraction of sp³-hybridized carbons (Fsp3) is 0.0577. The van der Waals surface area contributed by atoms with Crippen LogP contribution in [-0.4, -0.2) is 40.8 Å². The summed E-state index contributed by atoms with van der Waals surface area (Å²) >= 11 is 0. The van der Waals surface area contributed by atoms with Crippen molar-refractivity contribution in [3.63, 3.8) is 0 Å². The average molecular weight is 766 g/mol. The van der Waals surface area contributed by atoms with E-state index in [2.05, 4.69) is 134 Å². The average Bonchev–Trinajstić information content (AvgIpc) is 3.80. The third kappa shape index (κ3) is 8.08. The van der Waals surface area contributed by atoms with Crippen LogP contribution in [0.1, 0.15) is 22.3 Å². The Labute approximate surface area is 344 Å². The molecule has 7 heteroatoms. The van der Waals surface area contributed by atoms with E-state index in [1.807, 2.05) is 103 Å². The van der Waals surface area contributed by atoms with Crippen molar-refractivity contribution in [3.8, 4) is 0 Å². The Balaban J connectivity index is 0.000000238. The summed E-state index contributed by atoms with van der Waals surface area (Å²) < 4.78 is 4.58. The molecule has 0 bridgehead atoms. The Morgan fingerprint density at radius 1 is 0.458 bits per heavy atom. The Morgan fingerprint density at radius 3 is 1.64 bits per heavy atom. The second kappa shape index (κ2) is 18.0. The van der Waals surface area contributed by atoms with Crippen molar-refractivity contribution < 1.29 is 0 Å². The number of fused-ring (bicyclic) bond motifs is 7. The molecule has 2 heterocycles. The lowest BCUT2D eigenvalue weighted by atomic mass is 10.1. The molecule has 0 radical (unpaired) electrons. The van der Waals surface area contributed by atoms with Crippen molar-refractivity contribution in [3.05, 3.63) is 210 Å². The predicted octanol–water partition coefficient (Wildman–Crippen LogP) is 12.1. The maximum atomic E-state index is 5.26. The summed E-state index contributed by atoms with van der Waals surface area (Å²) in [4.78, 5) is 22.3. The first-order valence-corrected chi connectivity index (χ1v) is 19.5. The van der Waals surface area contributed by atoms with Crippen LogP contribution in [0.25, 0.3) is 49.3 Å². The standard InChI is InChI=1S/C37H29N5.C15H14N2/c1-38-24-41-34-20-12-10-18-30(34)36-35(41)22-21-29-28-17-9-11-19-33(28)42(37(29)36)25-40-32(27-15-7-4-8-16-27)23-31(39-2)26-13-5-3-6-14-26;1-16-15(14-10-6-3-7-11-14)17-12-13-8-4-2-5-9-13/h3-23H,1-2,24-25H2;2-11H,1,12H2/b31-23-,40-32+;. The van der Waals surface area contributed by atoms with Gasteiger partial charge in [-0.2, -0.15) is 0 Å². The lowest BCUT2D eigenvalue weighted by molar-refractivity contribution is 0.793. The van der Waals surface area contributed by atoms with Crippen LogP contribution in [0.3, 0.4) is 0 Å². The predicted molar refractivity (Wildman–Crippen MR) is 252 cm³/mol. The summed E-state index contributed by atoms with van der Waals surface area (Å²) in [6, 6.07) is 61.9. The summed E-state index contributed by atoms with van der Waals surface area (Å²) in [5, 5.41) is 4.81. The van der Waals surface area contributed by atoms with Crippen molar-refractivity contribution >= 4 is 81.0 Å². The van der Waals surface area contributed by atoms with Crippen LogP contribution in [-0.2, 0) is 19.9 Å². The number of rotatable bonds is 11. The number of para-hydroxylation sites is 2. The number of hydrogen-bond acceptors (Lipinski definition) is 4. The van der Waals surface area contributed by atoms with Crippen molar-refractivity contribution in [2.75, 3.05) is 0 Å². The van der Waals surface area contributed by atoms with Gasteiger partial charge in [0.05, 0.1) is 40.0 Å². The molecule has 7 nitrogen and oxygen atoms in total. The fourth-order valence-corrected chi connectivity index (χ4v) is 7.58. The zero-order valence-corrected chi connectivity index (χ0v) is 32.8. The summed E-state index contributed by atoms with van der Waals surface area (Å²) in [5.41, 5.74) is 10.4. The van der Waals surface area contributed by atoms with Crippen molar-refractivity contribution in [2.24, 2.45) is 25.0 Å². The molecule has 0 spiro atoms. The molecule has 7 aromatic carbocycles. The molecular weight excluding hydrogens is 723 g/mol. The lowest BCUT2D eigenvalue weighted by Crippen LogP contribution is -2.03. The largest absolute Gasteiger partial charge is 0.320 e. The Kier molecular flexibility index (Phi) is 11.6. The molecular formula is C52H43N7. The summed E-state index contributed by atoms with van der Waals surface area (Å²) in [7, 11) is 0. The number of hydrogen-bond donors (Lipinski definition) is 0. The van der Waals surface area contributed by atoms with Gasteiger partial charge in [0.1, 0.15) is 13.3 Å². The van der Waals surface area contributed by atoms with E-state index in [0.717, 1.165) is 50.2 Å². The van der Waals surface area contributed by atoms with Crippen LogP contribution in [0.4, 0.5) is 0 Å². The number of nitrogens with zero attached hydrogens (tertiary/aromatic N) is 7. The molecule has 0 unspecified atom stereocenters. The monoisotopic (exact) mass is 765 g/mol. The molecule has 286 valence electrons. The molecule has 0 aliphatic rings. The van der Waals surface area contributed by atoms with E-state index < -0.39 is 0 Å². The fourth-order valence-electron chi connectivity index (χ4n) is 7.58. The van der Waals surface area contributed by atoms with Gasteiger partial charge in [0.2, 0.25) is 0 Å². The Morgan fingerprint density at radius 2 is 1.02 bits per heavy atom. The summed E-state index contributed by atoms with van der Waals surface area (Å²) in [5.74, 6) is 0.689. The molecule has 0 fully saturated rings. The van der Waals surface area contributed by atoms with E-state index in [-0.39, 0.29) is 0 Å². The molecule has 0 N–H and O–H groups in total. The molecule has 9 aromatic rings. The number of aliphatic imine (C=N–C) groups is 5. The minimum atomic E-state index is 0.433. The maximum absolute atomic E-state index is 5.26. The second-order valence-corrected chi connectivity index (χ2v) is 13.9. The normalized spacial score (nSPS) is 12.1. The first kappa shape index (κ1) is 38.1. The van der Waals surface area contributed by atoms with Crippen molar-refractivity contribution in [2.45, 2.75) is 19.9 Å². The number of amidine groups is 1. The highest BCUT2D eigenvalue weighted by Gasteiger charge is 2.19. The number of aromatic nitrogens is 2. The van der Waals surface area contributed by atoms with Crippen LogP contribution in [0.15, 0.2) is 213 Å². The first-order valence-electron chi connectivity index (χ1n) is 19.5. The van der Waals surface area contributed by atoms with Crippen LogP contribution in [0, 0.1) is 0 Å². The number of benzene rings is 7. The van der Waals surface area contributed by atoms with Gasteiger partial charge in [0.25, 0.3) is 0 Å². The second-order valence-electron chi connectivity index (χ2n) is 13.9. The van der Waals surface area contributed by atoms with Gasteiger partial charge in [-0.1, -0.05) is 164 Å². The SMILES string of the molecule is C=NC(=NCc1ccccc1)c1ccccc1.C=NCn1c2ccccc2c2c1ccc1c3ccccc3n(C/N=C(\C=C(/N=C)c3ccccc3)c3ccccc3)c12. The molecule has 0 aliphatic carbocycles. The maximum Gasteiger partial charge on any atom is 0.154 e. The molecule has 0 atom stereocenters. The molecule has 0 saturated carbocycles. The van der Waals surface area contributed by atoms with Crippen LogP contribution in [0.2, 0.25) is 0 Å². The third-order valence-corrected chi connectivity index (χ3v) is 10.3. The van der Waals surface area contributed by atoms with E-state index >= 15 is 0 Å². The van der Waals surface area contributed by atoms with Gasteiger partial charge in [-0.15, -0.1) is 0 Å². The van der Waals surface area contributed by atoms with Gasteiger partial charge in [0, 0.05) is 32.7 Å². The molecule has 0 saturated heterocycles. The van der Waals surface area contributed by atoms with Gasteiger partial charge < -0.3 is 9.13 Å². The summed E-state index contributed by atoms with van der Waals surface area (Å²) in [6.45, 7) is 12.8. The number of allylic oxidation sites excluding steroid dienone is 1. The molecule has 9 rings (SSSR count). The minimum absolute atomic E-state index is 0.433. The van der Waals surface area contributed by atoms with Gasteiger partial charge >= 0.3 is 0 Å². The smallest absolute Gasteiger partial charge is 0.154 e. The van der Waals surface area contributed by atoms with Gasteiger partial charge in [0.15, 0.2) is 5.84 Å². The summed E-state index contributed by atoms with van der Waals surface area (Å²) in [6.07, 6.45) is 2.03. The van der Waals surface area contributed by atoms with Crippen molar-refractivity contribution in [1.29, 1.82) is 0 Å². The molecule has 59 heavy (non-hydrogen) atoms. The van der Waals surface area contributed by atoms with E-state index in [4.69, 9.17) is 4.99 Å². The van der Waals surface area contributed by atoms with Crippen LogP contribution >= 0.6 is 0 Å². The van der Waals surface area contributed by atoms with Gasteiger partial charge in [-0.05, 0) is 55.6 Å². The molecule has 0 amide bonds. The zero-order chi connectivity index (χ0) is 40.4.